The van der Waals surface area contributed by atoms with Crippen molar-refractivity contribution in [2.24, 2.45) is 0 Å². The number of anilines is 1. The van der Waals surface area contributed by atoms with Gasteiger partial charge in [-0.05, 0) is 61.7 Å². The second-order valence-electron chi connectivity index (χ2n) is 8.14. The van der Waals surface area contributed by atoms with Gasteiger partial charge in [0.15, 0.2) is 0 Å². The molecule has 0 unspecified atom stereocenters. The molecule has 0 saturated carbocycles. The summed E-state index contributed by atoms with van der Waals surface area (Å²) in [6.07, 6.45) is 0. The van der Waals surface area contributed by atoms with Gasteiger partial charge in [-0.3, -0.25) is 4.79 Å². The molecule has 174 valence electrons. The molecule has 33 heavy (non-hydrogen) atoms. The summed E-state index contributed by atoms with van der Waals surface area (Å²) < 4.78 is 34.0. The van der Waals surface area contributed by atoms with Crippen molar-refractivity contribution in [3.63, 3.8) is 0 Å². The zero-order chi connectivity index (χ0) is 24.2. The lowest BCUT2D eigenvalue weighted by Crippen LogP contribution is -2.41. The lowest BCUT2D eigenvalue weighted by molar-refractivity contribution is -0.118. The first kappa shape index (κ1) is 24.5. The number of ether oxygens (including phenoxy) is 1. The van der Waals surface area contributed by atoms with Crippen LogP contribution in [-0.4, -0.2) is 39.3 Å². The molecule has 7 heteroatoms. The van der Waals surface area contributed by atoms with Crippen molar-refractivity contribution in [2.75, 3.05) is 25.6 Å². The second kappa shape index (κ2) is 10.2. The first-order valence-corrected chi connectivity index (χ1v) is 12.1. The number of methoxy groups -OCH3 is 1. The van der Waals surface area contributed by atoms with Crippen molar-refractivity contribution in [1.82, 2.24) is 4.31 Å². The standard InChI is InChI=1S/C26H30N2O4S/c1-19-15-20(2)26(21(3)16-19)33(30,31)28(17-22-9-7-6-8-10-22)18-25(29)27(4)23-11-13-24(32-5)14-12-23/h6-16H,17-18H2,1-5H3. The van der Waals surface area contributed by atoms with Gasteiger partial charge >= 0.3 is 0 Å². The maximum absolute atomic E-state index is 13.8. The quantitative estimate of drug-likeness (QED) is 0.491. The molecular weight excluding hydrogens is 436 g/mol. The average Bonchev–Trinajstić information content (AvgIpc) is 2.78. The van der Waals surface area contributed by atoms with Gasteiger partial charge in [0.1, 0.15) is 5.75 Å². The molecule has 0 N–H and O–H groups in total. The van der Waals surface area contributed by atoms with Crippen LogP contribution in [0.15, 0.2) is 71.6 Å². The molecule has 0 aliphatic carbocycles. The minimum Gasteiger partial charge on any atom is -0.497 e. The number of hydrogen-bond donors (Lipinski definition) is 0. The van der Waals surface area contributed by atoms with Crippen LogP contribution in [0.3, 0.4) is 0 Å². The summed E-state index contributed by atoms with van der Waals surface area (Å²) in [7, 11) is -0.720. The number of carbonyl (C=O) groups is 1. The van der Waals surface area contributed by atoms with Crippen molar-refractivity contribution in [3.05, 3.63) is 89.0 Å². The van der Waals surface area contributed by atoms with Crippen LogP contribution in [-0.2, 0) is 21.4 Å². The fraction of sp³-hybridized carbons (Fsp3) is 0.269. The molecular formula is C26H30N2O4S. The molecule has 0 fully saturated rings. The van der Waals surface area contributed by atoms with E-state index in [1.54, 1.807) is 52.3 Å². The zero-order valence-corrected chi connectivity index (χ0v) is 20.5. The molecule has 0 aromatic heterocycles. The molecule has 0 spiro atoms. The summed E-state index contributed by atoms with van der Waals surface area (Å²) in [6, 6.07) is 20.1. The molecule has 0 atom stereocenters. The Morgan fingerprint density at radius 2 is 1.48 bits per heavy atom. The summed E-state index contributed by atoms with van der Waals surface area (Å²) in [5.41, 5.74) is 3.79. The highest BCUT2D eigenvalue weighted by atomic mass is 32.2. The number of rotatable bonds is 8. The van der Waals surface area contributed by atoms with E-state index in [4.69, 9.17) is 4.74 Å². The maximum atomic E-state index is 13.8. The number of nitrogens with zero attached hydrogens (tertiary/aromatic N) is 2. The summed E-state index contributed by atoms with van der Waals surface area (Å²) in [5, 5.41) is 0. The number of benzene rings is 3. The Hall–Kier alpha value is -3.16. The topological polar surface area (TPSA) is 66.9 Å². The molecule has 1 amide bonds. The monoisotopic (exact) mass is 466 g/mol. The van der Waals surface area contributed by atoms with Crippen molar-refractivity contribution in [2.45, 2.75) is 32.2 Å². The first-order chi connectivity index (χ1) is 15.6. The highest BCUT2D eigenvalue weighted by Crippen LogP contribution is 2.27. The minimum absolute atomic E-state index is 0.0954. The number of carbonyl (C=O) groups excluding carboxylic acids is 1. The van der Waals surface area contributed by atoms with Crippen LogP contribution >= 0.6 is 0 Å². The van der Waals surface area contributed by atoms with Gasteiger partial charge in [-0.25, -0.2) is 8.42 Å². The smallest absolute Gasteiger partial charge is 0.244 e. The lowest BCUT2D eigenvalue weighted by Gasteiger charge is -2.26. The van der Waals surface area contributed by atoms with Crippen LogP contribution in [0.25, 0.3) is 0 Å². The molecule has 0 aliphatic rings. The predicted molar refractivity (Wildman–Crippen MR) is 131 cm³/mol. The van der Waals surface area contributed by atoms with Gasteiger partial charge in [0.25, 0.3) is 0 Å². The highest BCUT2D eigenvalue weighted by Gasteiger charge is 2.31. The average molecular weight is 467 g/mol. The fourth-order valence-corrected chi connectivity index (χ4v) is 5.71. The van der Waals surface area contributed by atoms with E-state index < -0.39 is 10.0 Å². The number of likely N-dealkylation sites (N-methyl/N-ethyl adjacent to an activating group) is 1. The van der Waals surface area contributed by atoms with Crippen molar-refractivity contribution >= 4 is 21.6 Å². The van der Waals surface area contributed by atoms with E-state index in [1.165, 1.54) is 9.21 Å². The molecule has 3 aromatic rings. The van der Waals surface area contributed by atoms with Gasteiger partial charge in [0, 0.05) is 19.3 Å². The number of hydrogen-bond acceptors (Lipinski definition) is 4. The highest BCUT2D eigenvalue weighted by molar-refractivity contribution is 7.89. The summed E-state index contributed by atoms with van der Waals surface area (Å²) >= 11 is 0. The third-order valence-electron chi connectivity index (χ3n) is 5.55. The summed E-state index contributed by atoms with van der Waals surface area (Å²) in [6.45, 7) is 5.33. The van der Waals surface area contributed by atoms with E-state index in [-0.39, 0.29) is 23.9 Å². The Kier molecular flexibility index (Phi) is 7.56. The lowest BCUT2D eigenvalue weighted by atomic mass is 10.1. The van der Waals surface area contributed by atoms with Gasteiger partial charge in [0.05, 0.1) is 18.6 Å². The Morgan fingerprint density at radius 3 is 2.03 bits per heavy atom. The minimum atomic E-state index is -3.93. The third-order valence-corrected chi connectivity index (χ3v) is 7.65. The van der Waals surface area contributed by atoms with E-state index in [9.17, 15) is 13.2 Å². The first-order valence-electron chi connectivity index (χ1n) is 10.7. The predicted octanol–water partition coefficient (Wildman–Crippen LogP) is 4.47. The summed E-state index contributed by atoms with van der Waals surface area (Å²) in [5.74, 6) is 0.347. The number of amides is 1. The largest absolute Gasteiger partial charge is 0.497 e. The van der Waals surface area contributed by atoms with Crippen molar-refractivity contribution in [1.29, 1.82) is 0 Å². The van der Waals surface area contributed by atoms with Crippen LogP contribution < -0.4 is 9.64 Å². The number of sulfonamides is 1. The van der Waals surface area contributed by atoms with Gasteiger partial charge in [-0.15, -0.1) is 0 Å². The Morgan fingerprint density at radius 1 is 0.909 bits per heavy atom. The molecule has 0 radical (unpaired) electrons. The van der Waals surface area contributed by atoms with Crippen molar-refractivity contribution < 1.29 is 17.9 Å². The SMILES string of the molecule is COc1ccc(N(C)C(=O)CN(Cc2ccccc2)S(=O)(=O)c2c(C)cc(C)cc2C)cc1. The van der Waals surface area contributed by atoms with Crippen LogP contribution in [0.5, 0.6) is 5.75 Å². The van der Waals surface area contributed by atoms with Crippen LogP contribution in [0.4, 0.5) is 5.69 Å². The van der Waals surface area contributed by atoms with Gasteiger partial charge in [-0.2, -0.15) is 4.31 Å². The third kappa shape index (κ3) is 5.61. The Balaban J connectivity index is 1.96. The molecule has 0 heterocycles. The van der Waals surface area contributed by atoms with Gasteiger partial charge in [-0.1, -0.05) is 48.0 Å². The van der Waals surface area contributed by atoms with Crippen molar-refractivity contribution in [3.8, 4) is 5.75 Å². The fourth-order valence-electron chi connectivity index (χ4n) is 3.92. The molecule has 3 aromatic carbocycles. The number of aryl methyl sites for hydroxylation is 3. The van der Waals surface area contributed by atoms with Crippen LogP contribution in [0.2, 0.25) is 0 Å². The molecule has 3 rings (SSSR count). The van der Waals surface area contributed by atoms with Gasteiger partial charge < -0.3 is 9.64 Å². The van der Waals surface area contributed by atoms with E-state index in [1.807, 2.05) is 49.4 Å². The molecule has 0 aliphatic heterocycles. The zero-order valence-electron chi connectivity index (χ0n) is 19.7. The van der Waals surface area contributed by atoms with E-state index in [2.05, 4.69) is 0 Å². The summed E-state index contributed by atoms with van der Waals surface area (Å²) in [4.78, 5) is 14.9. The molecule has 0 saturated heterocycles. The van der Waals surface area contributed by atoms with Gasteiger partial charge in [0.2, 0.25) is 15.9 Å². The Bertz CT molecular complexity index is 1200. The van der Waals surface area contributed by atoms with E-state index in [0.29, 0.717) is 22.6 Å². The maximum Gasteiger partial charge on any atom is 0.244 e. The normalized spacial score (nSPS) is 11.5. The van der Waals surface area contributed by atoms with E-state index >= 15 is 0 Å². The van der Waals surface area contributed by atoms with Crippen LogP contribution in [0, 0.1) is 20.8 Å². The van der Waals surface area contributed by atoms with E-state index in [0.717, 1.165) is 11.1 Å². The second-order valence-corrected chi connectivity index (χ2v) is 10.0. The molecule has 0 bridgehead atoms. The molecule has 6 nitrogen and oxygen atoms in total. The van der Waals surface area contributed by atoms with Crippen LogP contribution in [0.1, 0.15) is 22.3 Å². The Labute approximate surface area is 196 Å².